The van der Waals surface area contributed by atoms with E-state index in [4.69, 9.17) is 9.72 Å². The summed E-state index contributed by atoms with van der Waals surface area (Å²) in [6.07, 6.45) is 1.92. The Bertz CT molecular complexity index is 4190. The van der Waals surface area contributed by atoms with Crippen molar-refractivity contribution < 1.29 is 25.8 Å². The van der Waals surface area contributed by atoms with Gasteiger partial charge in [-0.05, 0) is 104 Å². The van der Waals surface area contributed by atoms with Crippen molar-refractivity contribution in [1.82, 2.24) is 18.7 Å². The molecule has 3 heterocycles. The number of ether oxygens (including phenoxy) is 1. The molecule has 11 aromatic rings. The third kappa shape index (κ3) is 10.6. The average molecular weight is 1280 g/mol. The Morgan fingerprint density at radius 3 is 1.61 bits per heavy atom. The number of para-hydroxylation sites is 1. The molecule has 0 aliphatic carbocycles. The van der Waals surface area contributed by atoms with E-state index >= 15 is 0 Å². The van der Waals surface area contributed by atoms with E-state index in [9.17, 15) is 0 Å². The van der Waals surface area contributed by atoms with Crippen LogP contribution in [0.3, 0.4) is 0 Å². The van der Waals surface area contributed by atoms with E-state index in [-0.39, 0.29) is 42.7 Å². The second-order valence-corrected chi connectivity index (χ2v) is 30.0. The Labute approximate surface area is 506 Å². The van der Waals surface area contributed by atoms with Crippen LogP contribution in [0.4, 0.5) is 22.7 Å². The molecular formula is C76H72N4OPtSi+2. The summed E-state index contributed by atoms with van der Waals surface area (Å²) in [5.74, 6) is 2.00. The van der Waals surface area contributed by atoms with Crippen molar-refractivity contribution >= 4 is 79.4 Å². The molecular weight excluding hydrogens is 1210 g/mol. The van der Waals surface area contributed by atoms with Crippen LogP contribution < -0.4 is 34.6 Å². The summed E-state index contributed by atoms with van der Waals surface area (Å²) in [5, 5.41) is 7.56. The Hall–Kier alpha value is -7.98. The van der Waals surface area contributed by atoms with Gasteiger partial charge in [0.15, 0.2) is 8.07 Å². The van der Waals surface area contributed by atoms with E-state index < -0.39 is 8.07 Å². The van der Waals surface area contributed by atoms with Crippen LogP contribution in [0.5, 0.6) is 11.5 Å². The molecule has 2 aromatic heterocycles. The third-order valence-corrected chi connectivity index (χ3v) is 21.2. The molecule has 0 N–H and O–H groups in total. The molecule has 0 bridgehead atoms. The fraction of sp³-hybridized carbons (Fsp3) is 0.211. The number of nitrogens with zero attached hydrogens (tertiary/aromatic N) is 4. The van der Waals surface area contributed by atoms with E-state index in [1.165, 1.54) is 43.0 Å². The van der Waals surface area contributed by atoms with Crippen LogP contribution in [0.15, 0.2) is 219 Å². The van der Waals surface area contributed by atoms with Gasteiger partial charge in [-0.25, -0.2) is 4.98 Å². The van der Waals surface area contributed by atoms with Gasteiger partial charge >= 0.3 is 32.8 Å². The van der Waals surface area contributed by atoms with Crippen LogP contribution >= 0.6 is 0 Å². The first-order chi connectivity index (χ1) is 39.2. The number of pyridine rings is 1. The van der Waals surface area contributed by atoms with Gasteiger partial charge in [0.2, 0.25) is 5.69 Å². The molecule has 0 unspecified atom stereocenters. The van der Waals surface area contributed by atoms with E-state index in [1.807, 2.05) is 24.4 Å². The number of rotatable bonds is 10. The molecule has 0 saturated heterocycles. The molecule has 0 atom stereocenters. The summed E-state index contributed by atoms with van der Waals surface area (Å²) in [5.41, 5.74) is 12.8. The molecule has 0 amide bonds. The van der Waals surface area contributed by atoms with Crippen LogP contribution in [-0.4, -0.2) is 23.6 Å². The van der Waals surface area contributed by atoms with E-state index in [2.05, 4.69) is 309 Å². The first kappa shape index (κ1) is 56.9. The van der Waals surface area contributed by atoms with Gasteiger partial charge < -0.3 is 9.30 Å². The Balaban J connectivity index is 0.00000721. The summed E-state index contributed by atoms with van der Waals surface area (Å²) in [7, 11) is -2.86. The second-order valence-electron chi connectivity index (χ2n) is 26.2. The summed E-state index contributed by atoms with van der Waals surface area (Å²) >= 11 is 0. The zero-order chi connectivity index (χ0) is 57.3. The summed E-state index contributed by atoms with van der Waals surface area (Å²) in [6, 6.07) is 89.4. The largest absolute Gasteiger partial charge is 2.00 e. The standard InChI is InChI=1S/C76H72N4OSi.Pt/c1-73(2,3)53-37-40-68-67(47-53)66-39-38-60(50-70(66)80(68)71-48-54(41-42-77-71)74(4,5)6)81-59-27-23-26-57(49-59)78-51-79(58-45-55(75(7,8)9)44-56(46-58)76(10,11)12)72-65(35-24-36-69(72)78)52-25-22-34-64(43-52)82(61-28-16-13-17-29-61,62-30-18-14-19-31-62)63-32-20-15-21-33-63;/h13-48H,1-12H3;/q;+2. The molecule has 9 aromatic carbocycles. The Kier molecular flexibility index (Phi) is 14.8. The molecule has 83 heavy (non-hydrogen) atoms. The van der Waals surface area contributed by atoms with Crippen LogP contribution in [0, 0.1) is 12.1 Å². The maximum Gasteiger partial charge on any atom is 2.00 e. The molecule has 0 radical (unpaired) electrons. The van der Waals surface area contributed by atoms with E-state index in [1.54, 1.807) is 0 Å². The average Bonchev–Trinajstić information content (AvgIpc) is 3.42. The van der Waals surface area contributed by atoms with Crippen molar-refractivity contribution in [3.05, 3.63) is 253 Å². The number of fused-ring (bicyclic) bond motifs is 4. The first-order valence-corrected chi connectivity index (χ1v) is 30.8. The predicted molar refractivity (Wildman–Crippen MR) is 347 cm³/mol. The zero-order valence-corrected chi connectivity index (χ0v) is 53.1. The predicted octanol–water partition coefficient (Wildman–Crippen LogP) is 16.7. The third-order valence-electron chi connectivity index (χ3n) is 16.4. The second kappa shape index (κ2) is 21.6. The number of benzene rings is 9. The van der Waals surface area contributed by atoms with Crippen molar-refractivity contribution in [2.45, 2.75) is 105 Å². The quantitative estimate of drug-likeness (QED) is 0.0592. The summed E-state index contributed by atoms with van der Waals surface area (Å²) in [4.78, 5) is 4.97. The molecule has 7 heteroatoms. The molecule has 0 fully saturated rings. The molecule has 5 nitrogen and oxygen atoms in total. The van der Waals surface area contributed by atoms with Crippen LogP contribution in [-0.2, 0) is 42.7 Å². The topological polar surface area (TPSA) is 33.1 Å². The van der Waals surface area contributed by atoms with E-state index in [0.717, 1.165) is 61.5 Å². The van der Waals surface area contributed by atoms with Gasteiger partial charge in [0, 0.05) is 41.4 Å². The SMILES string of the molecule is CC(C)(C)c1cc([N+]2=C=[N+](c3[c-]c(Oc4[c-]c5c(cc4)c4cc(C(C)(C)C)ccc4n5-c4cc(C(C)(C)C)ccn4)ccc3)c3cccc(-c4cccc([Si](c5ccccc5)(c5ccccc5)c5ccccc5)c4)c32)cc(C(C)(C)C)c1.[Pt+2]. The smallest absolute Gasteiger partial charge is 0.509 e. The monoisotopic (exact) mass is 1280 g/mol. The summed E-state index contributed by atoms with van der Waals surface area (Å²) in [6.45, 7) is 27.3. The van der Waals surface area contributed by atoms with Crippen molar-refractivity contribution in [3.8, 4) is 28.4 Å². The first-order valence-electron chi connectivity index (χ1n) is 28.8. The van der Waals surface area contributed by atoms with Crippen LogP contribution in [0.1, 0.15) is 105 Å². The molecule has 0 saturated carbocycles. The van der Waals surface area contributed by atoms with Crippen molar-refractivity contribution in [3.63, 3.8) is 0 Å². The van der Waals surface area contributed by atoms with Gasteiger partial charge in [0.25, 0.3) is 5.69 Å². The molecule has 414 valence electrons. The normalized spacial score (nSPS) is 12.9. The van der Waals surface area contributed by atoms with Crippen molar-refractivity contribution in [2.75, 3.05) is 0 Å². The molecule has 1 aliphatic rings. The van der Waals surface area contributed by atoms with Crippen molar-refractivity contribution in [2.24, 2.45) is 0 Å². The number of hydrogen-bond donors (Lipinski definition) is 0. The van der Waals surface area contributed by atoms with Crippen LogP contribution in [0.25, 0.3) is 38.8 Å². The maximum absolute atomic E-state index is 6.87. The fourth-order valence-electron chi connectivity index (χ4n) is 11.8. The van der Waals surface area contributed by atoms with Crippen LogP contribution in [0.2, 0.25) is 0 Å². The number of hydrogen-bond acceptors (Lipinski definition) is 2. The minimum atomic E-state index is -2.86. The maximum atomic E-state index is 6.87. The number of aromatic nitrogens is 2. The van der Waals surface area contributed by atoms with E-state index in [0.29, 0.717) is 11.5 Å². The van der Waals surface area contributed by atoms with Gasteiger partial charge in [0.05, 0.1) is 5.56 Å². The Morgan fingerprint density at radius 2 is 1.01 bits per heavy atom. The minimum Gasteiger partial charge on any atom is -0.509 e. The molecule has 12 rings (SSSR count). The minimum absolute atomic E-state index is 0. The van der Waals surface area contributed by atoms with Gasteiger partial charge in [0.1, 0.15) is 11.5 Å². The Morgan fingerprint density at radius 1 is 0.458 bits per heavy atom. The van der Waals surface area contributed by atoms with Gasteiger partial charge in [-0.2, -0.15) is 12.1 Å². The van der Waals surface area contributed by atoms with Gasteiger partial charge in [-0.3, -0.25) is 0 Å². The molecule has 0 spiro atoms. The molecule has 1 aliphatic heterocycles. The fourth-order valence-corrected chi connectivity index (χ4v) is 16.6. The zero-order valence-electron chi connectivity index (χ0n) is 49.8. The van der Waals surface area contributed by atoms with Crippen molar-refractivity contribution in [1.29, 1.82) is 0 Å². The van der Waals surface area contributed by atoms with Gasteiger partial charge in [-0.15, -0.1) is 23.6 Å². The summed E-state index contributed by atoms with van der Waals surface area (Å²) < 4.78 is 13.5. The van der Waals surface area contributed by atoms with Gasteiger partial charge in [-0.1, -0.05) is 245 Å².